The van der Waals surface area contributed by atoms with E-state index < -0.39 is 11.3 Å². The minimum absolute atomic E-state index is 0.0871. The van der Waals surface area contributed by atoms with Gasteiger partial charge in [0.05, 0.1) is 6.07 Å². The number of primary amides is 1. The molecule has 0 bridgehead atoms. The highest BCUT2D eigenvalue weighted by Gasteiger charge is 2.40. The van der Waals surface area contributed by atoms with Crippen LogP contribution in [0.4, 0.5) is 0 Å². The number of amides is 2. The van der Waals surface area contributed by atoms with Gasteiger partial charge in [0.15, 0.2) is 0 Å². The maximum Gasteiger partial charge on any atom is 0.240 e. The van der Waals surface area contributed by atoms with Gasteiger partial charge in [-0.05, 0) is 12.8 Å². The van der Waals surface area contributed by atoms with E-state index >= 15 is 0 Å². The highest BCUT2D eigenvalue weighted by Crippen LogP contribution is 2.29. The Balaban J connectivity index is 2.49. The summed E-state index contributed by atoms with van der Waals surface area (Å²) in [5.41, 5.74) is 3.94. The summed E-state index contributed by atoms with van der Waals surface area (Å²) >= 11 is 0. The molecule has 1 aliphatic heterocycles. The molecule has 0 aromatic heterocycles. The van der Waals surface area contributed by atoms with Gasteiger partial charge < -0.3 is 15.8 Å². The molecular formula is C10H15N3O3. The van der Waals surface area contributed by atoms with Gasteiger partial charge in [0.25, 0.3) is 0 Å². The van der Waals surface area contributed by atoms with Gasteiger partial charge in [0, 0.05) is 26.2 Å². The number of nitrogens with one attached hydrogen (secondary N) is 1. The van der Waals surface area contributed by atoms with E-state index in [-0.39, 0.29) is 18.9 Å². The number of carbonyl (C=O) groups is 2. The van der Waals surface area contributed by atoms with Crippen molar-refractivity contribution in [1.29, 1.82) is 5.26 Å². The van der Waals surface area contributed by atoms with Crippen LogP contribution in [0, 0.1) is 16.7 Å². The van der Waals surface area contributed by atoms with Crippen LogP contribution in [0.2, 0.25) is 0 Å². The van der Waals surface area contributed by atoms with E-state index in [1.165, 1.54) is 0 Å². The number of nitriles is 1. The van der Waals surface area contributed by atoms with Crippen LogP contribution in [-0.2, 0) is 14.3 Å². The number of ether oxygens (including phenoxy) is 1. The lowest BCUT2D eigenvalue weighted by Gasteiger charge is -2.29. The van der Waals surface area contributed by atoms with Gasteiger partial charge in [-0.3, -0.25) is 9.59 Å². The second-order valence-electron chi connectivity index (χ2n) is 3.78. The van der Waals surface area contributed by atoms with Crippen LogP contribution in [0.15, 0.2) is 0 Å². The fraction of sp³-hybridized carbons (Fsp3) is 0.700. The van der Waals surface area contributed by atoms with E-state index in [4.69, 9.17) is 15.7 Å². The number of hydrogen-bond acceptors (Lipinski definition) is 4. The summed E-state index contributed by atoms with van der Waals surface area (Å²) in [6.45, 7) is 1.01. The van der Waals surface area contributed by atoms with E-state index in [1.807, 2.05) is 6.07 Å². The first-order valence-corrected chi connectivity index (χ1v) is 5.16. The van der Waals surface area contributed by atoms with Crippen LogP contribution < -0.4 is 11.1 Å². The van der Waals surface area contributed by atoms with Crippen molar-refractivity contribution in [3.63, 3.8) is 0 Å². The lowest BCUT2D eigenvalue weighted by molar-refractivity contribution is -0.132. The molecule has 1 fully saturated rings. The highest BCUT2D eigenvalue weighted by atomic mass is 16.5. The van der Waals surface area contributed by atoms with E-state index in [0.29, 0.717) is 26.1 Å². The fourth-order valence-corrected chi connectivity index (χ4v) is 1.58. The maximum atomic E-state index is 11.8. The predicted octanol–water partition coefficient (Wildman–Crippen LogP) is -0.702. The van der Waals surface area contributed by atoms with Gasteiger partial charge in [-0.25, -0.2) is 0 Å². The standard InChI is InChI=1S/C10H15N3O3/c11-7-10(2-5-16-6-3-10)9(15)13-4-1-8(12)14/h1-6H2,(H2,12,14)(H,13,15). The van der Waals surface area contributed by atoms with Gasteiger partial charge in [-0.1, -0.05) is 0 Å². The van der Waals surface area contributed by atoms with E-state index in [1.54, 1.807) is 0 Å². The molecule has 6 heteroatoms. The molecule has 1 heterocycles. The van der Waals surface area contributed by atoms with Gasteiger partial charge >= 0.3 is 0 Å². The Bertz CT molecular complexity index is 316. The molecule has 88 valence electrons. The first kappa shape index (κ1) is 12.5. The molecule has 1 saturated heterocycles. The smallest absolute Gasteiger partial charge is 0.240 e. The zero-order chi connectivity index (χ0) is 12.0. The molecule has 2 amide bonds. The molecule has 0 aliphatic carbocycles. The van der Waals surface area contributed by atoms with Crippen molar-refractivity contribution >= 4 is 11.8 Å². The summed E-state index contributed by atoms with van der Waals surface area (Å²) in [4.78, 5) is 22.3. The Kier molecular flexibility index (Phi) is 4.26. The second-order valence-corrected chi connectivity index (χ2v) is 3.78. The minimum atomic E-state index is -1.00. The van der Waals surface area contributed by atoms with Crippen molar-refractivity contribution in [3.05, 3.63) is 0 Å². The summed E-state index contributed by atoms with van der Waals surface area (Å²) in [6.07, 6.45) is 0.877. The van der Waals surface area contributed by atoms with Crippen molar-refractivity contribution in [2.75, 3.05) is 19.8 Å². The largest absolute Gasteiger partial charge is 0.381 e. The van der Waals surface area contributed by atoms with Crippen LogP contribution in [0.3, 0.4) is 0 Å². The molecule has 0 saturated carbocycles. The topological polar surface area (TPSA) is 105 Å². The number of hydrogen-bond donors (Lipinski definition) is 2. The summed E-state index contributed by atoms with van der Waals surface area (Å²) in [7, 11) is 0. The summed E-state index contributed by atoms with van der Waals surface area (Å²) in [5, 5.41) is 11.6. The van der Waals surface area contributed by atoms with Gasteiger partial charge in [0.2, 0.25) is 11.8 Å². The highest BCUT2D eigenvalue weighted by molar-refractivity contribution is 5.86. The van der Waals surface area contributed by atoms with Crippen LogP contribution in [0.5, 0.6) is 0 Å². The van der Waals surface area contributed by atoms with Crippen molar-refractivity contribution in [3.8, 4) is 6.07 Å². The Morgan fingerprint density at radius 1 is 1.44 bits per heavy atom. The molecule has 6 nitrogen and oxygen atoms in total. The molecule has 0 spiro atoms. The van der Waals surface area contributed by atoms with E-state index in [9.17, 15) is 9.59 Å². The zero-order valence-corrected chi connectivity index (χ0v) is 8.99. The van der Waals surface area contributed by atoms with E-state index in [2.05, 4.69) is 5.32 Å². The third-order valence-electron chi connectivity index (χ3n) is 2.65. The molecule has 0 atom stereocenters. The average Bonchev–Trinajstić information content (AvgIpc) is 2.29. The number of rotatable bonds is 4. The van der Waals surface area contributed by atoms with Crippen LogP contribution in [0.1, 0.15) is 19.3 Å². The third-order valence-corrected chi connectivity index (χ3v) is 2.65. The van der Waals surface area contributed by atoms with Crippen molar-refractivity contribution in [1.82, 2.24) is 5.32 Å². The first-order valence-electron chi connectivity index (χ1n) is 5.16. The quantitative estimate of drug-likeness (QED) is 0.659. The summed E-state index contributed by atoms with van der Waals surface area (Å²) < 4.78 is 5.11. The fourth-order valence-electron chi connectivity index (χ4n) is 1.58. The molecular weight excluding hydrogens is 210 g/mol. The molecule has 0 aromatic carbocycles. The normalized spacial score (nSPS) is 18.4. The Hall–Kier alpha value is -1.61. The Morgan fingerprint density at radius 2 is 2.06 bits per heavy atom. The van der Waals surface area contributed by atoms with E-state index in [0.717, 1.165) is 0 Å². The van der Waals surface area contributed by atoms with Crippen molar-refractivity contribution in [2.24, 2.45) is 11.1 Å². The molecule has 0 radical (unpaired) electrons. The van der Waals surface area contributed by atoms with Crippen molar-refractivity contribution < 1.29 is 14.3 Å². The number of nitrogens with two attached hydrogens (primary N) is 1. The van der Waals surface area contributed by atoms with Crippen LogP contribution >= 0.6 is 0 Å². The monoisotopic (exact) mass is 225 g/mol. The molecule has 3 N–H and O–H groups in total. The lowest BCUT2D eigenvalue weighted by Crippen LogP contribution is -2.44. The first-order chi connectivity index (χ1) is 7.60. The maximum absolute atomic E-state index is 11.8. The van der Waals surface area contributed by atoms with Crippen LogP contribution in [-0.4, -0.2) is 31.6 Å². The Labute approximate surface area is 93.7 Å². The summed E-state index contributed by atoms with van der Waals surface area (Å²) in [6, 6.07) is 2.05. The SMILES string of the molecule is N#CC1(C(=O)NCCC(N)=O)CCOCC1. The van der Waals surface area contributed by atoms with Crippen molar-refractivity contribution in [2.45, 2.75) is 19.3 Å². The predicted molar refractivity (Wildman–Crippen MR) is 54.9 cm³/mol. The number of carbonyl (C=O) groups excluding carboxylic acids is 2. The molecule has 0 unspecified atom stereocenters. The van der Waals surface area contributed by atoms with Gasteiger partial charge in [-0.2, -0.15) is 5.26 Å². The average molecular weight is 225 g/mol. The zero-order valence-electron chi connectivity index (χ0n) is 8.99. The molecule has 1 aliphatic rings. The lowest BCUT2D eigenvalue weighted by atomic mass is 9.81. The number of nitrogens with zero attached hydrogens (tertiary/aromatic N) is 1. The molecule has 16 heavy (non-hydrogen) atoms. The van der Waals surface area contributed by atoms with Gasteiger partial charge in [0.1, 0.15) is 5.41 Å². The summed E-state index contributed by atoms with van der Waals surface area (Å²) in [5.74, 6) is -0.808. The minimum Gasteiger partial charge on any atom is -0.381 e. The third kappa shape index (κ3) is 2.94. The Morgan fingerprint density at radius 3 is 2.56 bits per heavy atom. The van der Waals surface area contributed by atoms with Crippen LogP contribution in [0.25, 0.3) is 0 Å². The molecule has 0 aromatic rings. The molecule has 1 rings (SSSR count). The second kappa shape index (κ2) is 5.47. The van der Waals surface area contributed by atoms with Gasteiger partial charge in [-0.15, -0.1) is 0 Å².